The molecule has 0 fully saturated rings. The maximum Gasteiger partial charge on any atom is 1.00 e. The largest absolute Gasteiger partial charge is 1.00 e. The molecule has 3 rings (SSSR count). The Kier molecular flexibility index (Phi) is 11.4. The molecule has 11 nitrogen and oxygen atoms in total. The number of nitrogens with one attached hydrogen (secondary N) is 3. The molecule has 0 saturated carbocycles. The van der Waals surface area contributed by atoms with Crippen LogP contribution in [0.4, 0.5) is 32.3 Å². The van der Waals surface area contributed by atoms with Crippen LogP contribution in [0, 0.1) is 5.82 Å². The third-order valence-electron chi connectivity index (χ3n) is 4.91. The molecule has 38 heavy (non-hydrogen) atoms. The first-order valence-electron chi connectivity index (χ1n) is 11.2. The summed E-state index contributed by atoms with van der Waals surface area (Å²) in [7, 11) is -0.831. The number of benzene rings is 2. The summed E-state index contributed by atoms with van der Waals surface area (Å²) in [6, 6.07) is 12.8. The zero-order valence-corrected chi connectivity index (χ0v) is 24.3. The molecule has 2 amide bonds. The summed E-state index contributed by atoms with van der Waals surface area (Å²) in [5.41, 5.74) is 1.81. The number of halogens is 1. The number of nitrogens with zero attached hydrogens (tertiary/aromatic N) is 3. The summed E-state index contributed by atoms with van der Waals surface area (Å²) in [5, 5.41) is 5.71. The van der Waals surface area contributed by atoms with E-state index in [2.05, 4.69) is 20.6 Å². The number of carbonyl (C=O) groups excluding carboxylic acids is 2. The van der Waals surface area contributed by atoms with Crippen LogP contribution in [-0.4, -0.2) is 56.0 Å². The zero-order chi connectivity index (χ0) is 27.0. The standard InChI is InChI=1S/C24H27FN6O5S.Na.H/c1-4-21(32)30-37(34,35)19-7-5-6-18(14-19)28-23-26-15-20(25)22(29-23)27-17-10-8-16(9-11-17)12-13-36-24(33)31(2)3;;/h5-11,14-15H,4,12-13H2,1-3H3,(H,30,32)(H2,26,27,28,29);;/q;+1;-1. The monoisotopic (exact) mass is 554 g/mol. The molecular formula is C24H28FN6NaO5S. The second-order valence-corrected chi connectivity index (χ2v) is 9.69. The molecule has 14 heteroatoms. The molecule has 1 aromatic heterocycles. The van der Waals surface area contributed by atoms with Gasteiger partial charge in [0.2, 0.25) is 11.9 Å². The molecule has 0 aliphatic heterocycles. The number of sulfonamides is 1. The SMILES string of the molecule is CCC(=O)NS(=O)(=O)c1cccc(Nc2ncc(F)c(Nc3ccc(CCOC(=O)N(C)C)cc3)n2)c1.[H-].[Na+]. The number of aromatic nitrogens is 2. The Balaban J connectivity index is 0.00000380. The zero-order valence-electron chi connectivity index (χ0n) is 22.5. The van der Waals surface area contributed by atoms with E-state index in [9.17, 15) is 22.4 Å². The summed E-state index contributed by atoms with van der Waals surface area (Å²) in [6.07, 6.45) is 1.10. The van der Waals surface area contributed by atoms with Gasteiger partial charge in [-0.05, 0) is 35.9 Å². The van der Waals surface area contributed by atoms with Gasteiger partial charge in [-0.25, -0.2) is 27.3 Å². The van der Waals surface area contributed by atoms with Crippen LogP contribution in [0.2, 0.25) is 0 Å². The van der Waals surface area contributed by atoms with E-state index in [0.29, 0.717) is 17.8 Å². The van der Waals surface area contributed by atoms with Crippen molar-refractivity contribution in [3.05, 3.63) is 66.1 Å². The minimum atomic E-state index is -4.04. The normalized spacial score (nSPS) is 10.6. The van der Waals surface area contributed by atoms with Gasteiger partial charge < -0.3 is 21.7 Å². The number of rotatable bonds is 10. The Hall–Kier alpha value is -3.26. The van der Waals surface area contributed by atoms with E-state index in [1.165, 1.54) is 23.1 Å². The molecule has 0 radical (unpaired) electrons. The van der Waals surface area contributed by atoms with Gasteiger partial charge in [0, 0.05) is 38.3 Å². The van der Waals surface area contributed by atoms with E-state index < -0.39 is 27.8 Å². The molecule has 198 valence electrons. The fraction of sp³-hybridized carbons (Fsp3) is 0.250. The maximum atomic E-state index is 14.4. The number of hydrogen-bond acceptors (Lipinski definition) is 9. The van der Waals surface area contributed by atoms with Crippen LogP contribution in [0.1, 0.15) is 20.3 Å². The summed E-state index contributed by atoms with van der Waals surface area (Å²) in [6.45, 7) is 1.77. The average molecular weight is 555 g/mol. The molecule has 0 atom stereocenters. The van der Waals surface area contributed by atoms with Gasteiger partial charge in [-0.3, -0.25) is 4.79 Å². The molecule has 0 spiro atoms. The van der Waals surface area contributed by atoms with Gasteiger partial charge in [0.15, 0.2) is 11.6 Å². The van der Waals surface area contributed by atoms with Crippen LogP contribution in [0.15, 0.2) is 59.6 Å². The molecule has 3 N–H and O–H groups in total. The number of carbonyl (C=O) groups is 2. The van der Waals surface area contributed by atoms with Crippen LogP contribution in [-0.2, 0) is 26.0 Å². The van der Waals surface area contributed by atoms with Crippen molar-refractivity contribution in [1.29, 1.82) is 0 Å². The summed E-state index contributed by atoms with van der Waals surface area (Å²) < 4.78 is 46.2. The predicted molar refractivity (Wildman–Crippen MR) is 137 cm³/mol. The van der Waals surface area contributed by atoms with E-state index in [0.717, 1.165) is 11.8 Å². The Morgan fingerprint density at radius 2 is 1.79 bits per heavy atom. The molecular weight excluding hydrogens is 526 g/mol. The Bertz CT molecular complexity index is 1380. The Morgan fingerprint density at radius 1 is 1.08 bits per heavy atom. The van der Waals surface area contributed by atoms with Crippen LogP contribution in [0.3, 0.4) is 0 Å². The van der Waals surface area contributed by atoms with Crippen molar-refractivity contribution in [1.82, 2.24) is 19.6 Å². The third kappa shape index (κ3) is 8.94. The molecule has 0 unspecified atom stereocenters. The fourth-order valence-electron chi connectivity index (χ4n) is 2.94. The average Bonchev–Trinajstić information content (AvgIpc) is 2.86. The summed E-state index contributed by atoms with van der Waals surface area (Å²) >= 11 is 0. The molecule has 0 aliphatic carbocycles. The molecule has 0 bridgehead atoms. The van der Waals surface area contributed by atoms with E-state index in [4.69, 9.17) is 4.74 Å². The molecule has 3 aromatic rings. The van der Waals surface area contributed by atoms with Gasteiger partial charge in [-0.15, -0.1) is 0 Å². The fourth-order valence-corrected chi connectivity index (χ4v) is 4.04. The molecule has 1 heterocycles. The van der Waals surface area contributed by atoms with Crippen molar-refractivity contribution in [2.45, 2.75) is 24.7 Å². The number of anilines is 4. The number of hydrogen-bond donors (Lipinski definition) is 3. The summed E-state index contributed by atoms with van der Waals surface area (Å²) in [4.78, 5) is 32.2. The minimum Gasteiger partial charge on any atom is -1.00 e. The smallest absolute Gasteiger partial charge is 1.00 e. The van der Waals surface area contributed by atoms with Crippen LogP contribution in [0.25, 0.3) is 0 Å². The summed E-state index contributed by atoms with van der Waals surface area (Å²) in [5.74, 6) is -1.39. The number of amides is 2. The van der Waals surface area contributed by atoms with Crippen molar-refractivity contribution in [2.75, 3.05) is 31.3 Å². The second-order valence-electron chi connectivity index (χ2n) is 8.01. The molecule has 2 aromatic carbocycles. The second kappa shape index (κ2) is 14.0. The van der Waals surface area contributed by atoms with Crippen molar-refractivity contribution in [2.24, 2.45) is 0 Å². The van der Waals surface area contributed by atoms with Gasteiger partial charge in [0.25, 0.3) is 10.0 Å². The Labute approximate surface area is 244 Å². The van der Waals surface area contributed by atoms with Gasteiger partial charge in [-0.2, -0.15) is 4.98 Å². The van der Waals surface area contributed by atoms with E-state index in [1.807, 2.05) is 16.9 Å². The first-order chi connectivity index (χ1) is 17.6. The quantitative estimate of drug-likeness (QED) is 0.308. The third-order valence-corrected chi connectivity index (χ3v) is 6.28. The van der Waals surface area contributed by atoms with E-state index in [-0.39, 0.29) is 60.7 Å². The topological polar surface area (TPSA) is 143 Å². The van der Waals surface area contributed by atoms with Crippen molar-refractivity contribution in [3.63, 3.8) is 0 Å². The predicted octanol–water partition coefficient (Wildman–Crippen LogP) is 0.675. The van der Waals surface area contributed by atoms with Crippen LogP contribution < -0.4 is 44.9 Å². The van der Waals surface area contributed by atoms with E-state index >= 15 is 0 Å². The van der Waals surface area contributed by atoms with Gasteiger partial charge in [0.05, 0.1) is 17.7 Å². The van der Waals surface area contributed by atoms with Crippen molar-refractivity contribution < 1.29 is 58.1 Å². The van der Waals surface area contributed by atoms with E-state index in [1.54, 1.807) is 39.2 Å². The van der Waals surface area contributed by atoms with Crippen molar-refractivity contribution >= 4 is 45.2 Å². The first kappa shape index (κ1) is 31.0. The molecule has 0 aliphatic rings. The van der Waals surface area contributed by atoms with Crippen molar-refractivity contribution in [3.8, 4) is 0 Å². The van der Waals surface area contributed by atoms with Gasteiger partial charge in [-0.1, -0.05) is 25.1 Å². The van der Waals surface area contributed by atoms with Gasteiger partial charge >= 0.3 is 35.7 Å². The maximum absolute atomic E-state index is 14.4. The van der Waals surface area contributed by atoms with Crippen LogP contribution in [0.5, 0.6) is 0 Å². The van der Waals surface area contributed by atoms with Crippen LogP contribution >= 0.6 is 0 Å². The molecule has 0 saturated heterocycles. The van der Waals surface area contributed by atoms with Gasteiger partial charge in [0.1, 0.15) is 0 Å². The Morgan fingerprint density at radius 3 is 2.45 bits per heavy atom. The first-order valence-corrected chi connectivity index (χ1v) is 12.7. The number of ether oxygens (including phenoxy) is 1. The minimum absolute atomic E-state index is 0.